The first-order valence-corrected chi connectivity index (χ1v) is 5.87. The van der Waals surface area contributed by atoms with Crippen molar-refractivity contribution in [3.05, 3.63) is 0 Å². The third-order valence-electron chi connectivity index (χ3n) is 3.24. The molecule has 1 rings (SSSR count). The zero-order valence-electron chi connectivity index (χ0n) is 9.87. The van der Waals surface area contributed by atoms with Gasteiger partial charge in [0, 0.05) is 6.61 Å². The number of alkyl halides is 3. The van der Waals surface area contributed by atoms with E-state index in [1.165, 1.54) is 0 Å². The fourth-order valence-electron chi connectivity index (χ4n) is 2.23. The molecule has 0 bridgehead atoms. The molecule has 0 aromatic carbocycles. The molecule has 0 heterocycles. The van der Waals surface area contributed by atoms with Crippen molar-refractivity contribution in [3.8, 4) is 0 Å². The van der Waals surface area contributed by atoms with Gasteiger partial charge in [0.1, 0.15) is 0 Å². The maximum Gasteiger partial charge on any atom is 0.391 e. The number of carbonyl (C=O) groups is 1. The van der Waals surface area contributed by atoms with Gasteiger partial charge in [-0.2, -0.15) is 13.2 Å². The van der Waals surface area contributed by atoms with Crippen LogP contribution in [0.25, 0.3) is 0 Å². The Hall–Kier alpha value is -0.820. The summed E-state index contributed by atoms with van der Waals surface area (Å²) in [6, 6.07) is 0. The van der Waals surface area contributed by atoms with Crippen molar-refractivity contribution in [2.24, 2.45) is 5.92 Å². The Morgan fingerprint density at radius 1 is 1.44 bits per heavy atom. The van der Waals surface area contributed by atoms with Crippen molar-refractivity contribution in [2.75, 3.05) is 13.2 Å². The SMILES string of the molecule is O=C(O)C1(OCCCO)CCCC(C(F)(F)F)C1. The summed E-state index contributed by atoms with van der Waals surface area (Å²) < 4.78 is 43.1. The Labute approximate surface area is 103 Å². The van der Waals surface area contributed by atoms with Crippen LogP contribution in [0.3, 0.4) is 0 Å². The fourth-order valence-corrected chi connectivity index (χ4v) is 2.23. The predicted molar refractivity (Wildman–Crippen MR) is 56.0 cm³/mol. The molecule has 2 atom stereocenters. The van der Waals surface area contributed by atoms with Gasteiger partial charge in [0.05, 0.1) is 12.5 Å². The molecular formula is C11H17F3O4. The van der Waals surface area contributed by atoms with Crippen LogP contribution < -0.4 is 0 Å². The van der Waals surface area contributed by atoms with E-state index in [4.69, 9.17) is 14.9 Å². The van der Waals surface area contributed by atoms with Gasteiger partial charge in [-0.3, -0.25) is 0 Å². The quantitative estimate of drug-likeness (QED) is 0.749. The average molecular weight is 270 g/mol. The molecule has 7 heteroatoms. The first-order chi connectivity index (χ1) is 8.32. The lowest BCUT2D eigenvalue weighted by molar-refractivity contribution is -0.213. The molecule has 0 aromatic heterocycles. The highest BCUT2D eigenvalue weighted by Crippen LogP contribution is 2.43. The second-order valence-corrected chi connectivity index (χ2v) is 4.56. The lowest BCUT2D eigenvalue weighted by atomic mass is 9.77. The molecule has 0 saturated heterocycles. The minimum Gasteiger partial charge on any atom is -0.479 e. The van der Waals surface area contributed by atoms with Crippen molar-refractivity contribution in [1.82, 2.24) is 0 Å². The summed E-state index contributed by atoms with van der Waals surface area (Å²) in [6.07, 6.45) is -4.51. The molecule has 18 heavy (non-hydrogen) atoms. The number of aliphatic carboxylic acids is 1. The van der Waals surface area contributed by atoms with Gasteiger partial charge < -0.3 is 14.9 Å². The van der Waals surface area contributed by atoms with Crippen molar-refractivity contribution >= 4 is 5.97 Å². The topological polar surface area (TPSA) is 66.8 Å². The number of rotatable bonds is 5. The number of carboxylic acid groups (broad SMARTS) is 1. The molecule has 0 radical (unpaired) electrons. The lowest BCUT2D eigenvalue weighted by Gasteiger charge is -2.38. The molecular weight excluding hydrogens is 253 g/mol. The largest absolute Gasteiger partial charge is 0.479 e. The van der Waals surface area contributed by atoms with E-state index in [0.717, 1.165) is 0 Å². The minimum atomic E-state index is -4.39. The van der Waals surface area contributed by atoms with Crippen LogP contribution in [-0.2, 0) is 9.53 Å². The average Bonchev–Trinajstić information content (AvgIpc) is 2.28. The first-order valence-electron chi connectivity index (χ1n) is 5.87. The van der Waals surface area contributed by atoms with E-state index in [0.29, 0.717) is 0 Å². The number of hydrogen-bond donors (Lipinski definition) is 2. The molecule has 2 unspecified atom stereocenters. The Kier molecular flexibility index (Phi) is 4.98. The molecule has 1 aliphatic rings. The number of aliphatic hydroxyl groups excluding tert-OH is 1. The predicted octanol–water partition coefficient (Wildman–Crippen LogP) is 1.96. The third kappa shape index (κ3) is 3.58. The van der Waals surface area contributed by atoms with Crippen LogP contribution >= 0.6 is 0 Å². The summed E-state index contributed by atoms with van der Waals surface area (Å²) >= 11 is 0. The molecule has 106 valence electrons. The number of ether oxygens (including phenoxy) is 1. The van der Waals surface area contributed by atoms with E-state index < -0.39 is 30.1 Å². The van der Waals surface area contributed by atoms with Gasteiger partial charge in [-0.1, -0.05) is 0 Å². The van der Waals surface area contributed by atoms with Gasteiger partial charge in [-0.05, 0) is 32.1 Å². The fraction of sp³-hybridized carbons (Fsp3) is 0.909. The van der Waals surface area contributed by atoms with E-state index >= 15 is 0 Å². The second kappa shape index (κ2) is 5.88. The van der Waals surface area contributed by atoms with Crippen LogP contribution in [0, 0.1) is 5.92 Å². The smallest absolute Gasteiger partial charge is 0.391 e. The molecule has 1 aliphatic carbocycles. The summed E-state index contributed by atoms with van der Waals surface area (Å²) in [5.74, 6) is -2.98. The third-order valence-corrected chi connectivity index (χ3v) is 3.24. The second-order valence-electron chi connectivity index (χ2n) is 4.56. The van der Waals surface area contributed by atoms with Gasteiger partial charge in [0.25, 0.3) is 0 Å². The highest BCUT2D eigenvalue weighted by molar-refractivity contribution is 5.77. The normalized spacial score (nSPS) is 29.2. The summed E-state index contributed by atoms with van der Waals surface area (Å²) in [4.78, 5) is 11.2. The van der Waals surface area contributed by atoms with Gasteiger partial charge in [0.2, 0.25) is 0 Å². The van der Waals surface area contributed by atoms with Crippen LogP contribution in [0.1, 0.15) is 32.1 Å². The molecule has 0 aromatic rings. The lowest BCUT2D eigenvalue weighted by Crippen LogP contribution is -2.48. The molecule has 2 N–H and O–H groups in total. The number of halogens is 3. The van der Waals surface area contributed by atoms with Crippen LogP contribution in [0.5, 0.6) is 0 Å². The summed E-state index contributed by atoms with van der Waals surface area (Å²) in [7, 11) is 0. The number of hydrogen-bond acceptors (Lipinski definition) is 3. The van der Waals surface area contributed by atoms with Crippen molar-refractivity contribution in [2.45, 2.75) is 43.9 Å². The van der Waals surface area contributed by atoms with Crippen LogP contribution in [-0.4, -0.2) is 41.2 Å². The Bertz CT molecular complexity index is 293. The maximum absolute atomic E-state index is 12.6. The minimum absolute atomic E-state index is 0.0482. The van der Waals surface area contributed by atoms with E-state index in [9.17, 15) is 18.0 Å². The summed E-state index contributed by atoms with van der Waals surface area (Å²) in [6.45, 7) is -0.230. The Morgan fingerprint density at radius 2 is 2.11 bits per heavy atom. The Balaban J connectivity index is 2.74. The molecule has 1 saturated carbocycles. The molecule has 0 amide bonds. The zero-order chi connectivity index (χ0) is 13.8. The van der Waals surface area contributed by atoms with Gasteiger partial charge >= 0.3 is 12.1 Å². The highest BCUT2D eigenvalue weighted by Gasteiger charge is 2.51. The molecule has 0 aliphatic heterocycles. The number of aliphatic hydroxyl groups is 1. The summed E-state index contributed by atoms with van der Waals surface area (Å²) in [5.41, 5.74) is -1.76. The van der Waals surface area contributed by atoms with E-state index in [-0.39, 0.29) is 38.9 Å². The van der Waals surface area contributed by atoms with Gasteiger partial charge in [-0.15, -0.1) is 0 Å². The maximum atomic E-state index is 12.6. The van der Waals surface area contributed by atoms with Crippen molar-refractivity contribution in [1.29, 1.82) is 0 Å². The molecule has 1 fully saturated rings. The van der Waals surface area contributed by atoms with E-state index in [2.05, 4.69) is 0 Å². The van der Waals surface area contributed by atoms with Gasteiger partial charge in [0.15, 0.2) is 5.60 Å². The molecule has 4 nitrogen and oxygen atoms in total. The standard InChI is InChI=1S/C11H17F3O4/c12-11(13,14)8-3-1-4-10(7-8,9(16)17)18-6-2-5-15/h8,15H,1-7H2,(H,16,17). The van der Waals surface area contributed by atoms with Crippen molar-refractivity contribution < 1.29 is 32.9 Å². The van der Waals surface area contributed by atoms with Crippen LogP contribution in [0.2, 0.25) is 0 Å². The van der Waals surface area contributed by atoms with E-state index in [1.54, 1.807) is 0 Å². The van der Waals surface area contributed by atoms with Crippen molar-refractivity contribution in [3.63, 3.8) is 0 Å². The van der Waals surface area contributed by atoms with E-state index in [1.807, 2.05) is 0 Å². The van der Waals surface area contributed by atoms with Crippen LogP contribution in [0.15, 0.2) is 0 Å². The molecule has 0 spiro atoms. The number of carboxylic acids is 1. The highest BCUT2D eigenvalue weighted by atomic mass is 19.4. The Morgan fingerprint density at radius 3 is 2.61 bits per heavy atom. The van der Waals surface area contributed by atoms with Gasteiger partial charge in [-0.25, -0.2) is 4.79 Å². The zero-order valence-corrected chi connectivity index (χ0v) is 9.87. The monoisotopic (exact) mass is 270 g/mol. The first kappa shape index (κ1) is 15.2. The van der Waals surface area contributed by atoms with Crippen LogP contribution in [0.4, 0.5) is 13.2 Å². The summed E-state index contributed by atoms with van der Waals surface area (Å²) in [5, 5.41) is 17.7.